The maximum absolute atomic E-state index is 12.2. The fourth-order valence-corrected chi connectivity index (χ4v) is 3.76. The minimum Gasteiger partial charge on any atom is -0.369 e. The molecule has 1 saturated heterocycles. The topological polar surface area (TPSA) is 76.2 Å². The molecule has 1 aliphatic heterocycles. The van der Waals surface area contributed by atoms with Crippen LogP contribution in [0.1, 0.15) is 0 Å². The van der Waals surface area contributed by atoms with Crippen LogP contribution in [0.15, 0.2) is 24.3 Å². The van der Waals surface area contributed by atoms with Gasteiger partial charge in [0.15, 0.2) is 0 Å². The summed E-state index contributed by atoms with van der Waals surface area (Å²) in [7, 11) is 2.37. The van der Waals surface area contributed by atoms with E-state index >= 15 is 0 Å². The molecule has 1 amide bonds. The number of benzene rings is 1. The molecule has 1 fully saturated rings. The summed E-state index contributed by atoms with van der Waals surface area (Å²) in [5, 5.41) is 2.75. The molecule has 2 rings (SSSR count). The summed E-state index contributed by atoms with van der Waals surface area (Å²) < 4.78 is 25.5. The highest BCUT2D eigenvalue weighted by Crippen LogP contribution is 2.23. The Morgan fingerprint density at radius 1 is 1.11 bits per heavy atom. The molecule has 1 aliphatic rings. The maximum Gasteiger partial charge on any atom is 0.240 e. The highest BCUT2D eigenvalue weighted by Gasteiger charge is 2.21. The standard InChI is InChI=1S/C18H31N5O3S/c1-20(2)10-9-19-18(24)15-23(27(4,25)26)17-7-5-16(6-8-17)22-13-11-21(3)12-14-22/h5-8H,9-15H2,1-4H3,(H,19,24). The normalized spacial score (nSPS) is 15.8. The van der Waals surface area contributed by atoms with Crippen molar-refractivity contribution in [1.82, 2.24) is 15.1 Å². The molecule has 1 aromatic carbocycles. The molecule has 0 unspecified atom stereocenters. The summed E-state index contributed by atoms with van der Waals surface area (Å²) in [6.45, 7) is 4.85. The maximum atomic E-state index is 12.2. The first-order chi connectivity index (χ1) is 12.7. The average molecular weight is 398 g/mol. The quantitative estimate of drug-likeness (QED) is 0.659. The Morgan fingerprint density at radius 3 is 2.22 bits per heavy atom. The summed E-state index contributed by atoms with van der Waals surface area (Å²) in [6.07, 6.45) is 1.12. The molecule has 152 valence electrons. The molecule has 0 aliphatic carbocycles. The van der Waals surface area contributed by atoms with Crippen molar-refractivity contribution >= 4 is 27.3 Å². The van der Waals surface area contributed by atoms with Gasteiger partial charge in [0, 0.05) is 45.0 Å². The Labute approximate surface area is 162 Å². The van der Waals surface area contributed by atoms with Crippen molar-refractivity contribution in [1.29, 1.82) is 0 Å². The van der Waals surface area contributed by atoms with E-state index in [1.165, 1.54) is 0 Å². The molecule has 8 nitrogen and oxygen atoms in total. The van der Waals surface area contributed by atoms with Gasteiger partial charge >= 0.3 is 0 Å². The Morgan fingerprint density at radius 2 is 1.70 bits per heavy atom. The second kappa shape index (κ2) is 9.38. The Bertz CT molecular complexity index is 713. The lowest BCUT2D eigenvalue weighted by molar-refractivity contribution is -0.119. The zero-order chi connectivity index (χ0) is 20.0. The summed E-state index contributed by atoms with van der Waals surface area (Å²) in [5.74, 6) is -0.314. The van der Waals surface area contributed by atoms with E-state index in [-0.39, 0.29) is 12.5 Å². The largest absolute Gasteiger partial charge is 0.369 e. The number of nitrogens with zero attached hydrogens (tertiary/aromatic N) is 4. The average Bonchev–Trinajstić information content (AvgIpc) is 2.59. The fraction of sp³-hybridized carbons (Fsp3) is 0.611. The van der Waals surface area contributed by atoms with Crippen LogP contribution >= 0.6 is 0 Å². The number of anilines is 2. The van der Waals surface area contributed by atoms with Gasteiger partial charge < -0.3 is 20.0 Å². The van der Waals surface area contributed by atoms with Crippen molar-refractivity contribution < 1.29 is 13.2 Å². The van der Waals surface area contributed by atoms with Crippen molar-refractivity contribution in [2.75, 3.05) is 82.4 Å². The van der Waals surface area contributed by atoms with Crippen molar-refractivity contribution in [3.8, 4) is 0 Å². The van der Waals surface area contributed by atoms with Crippen LogP contribution < -0.4 is 14.5 Å². The van der Waals surface area contributed by atoms with Crippen LogP contribution in [-0.4, -0.2) is 97.3 Å². The molecule has 0 aromatic heterocycles. The van der Waals surface area contributed by atoms with Crippen LogP contribution in [0, 0.1) is 0 Å². The van der Waals surface area contributed by atoms with Crippen molar-refractivity contribution in [3.05, 3.63) is 24.3 Å². The molecule has 27 heavy (non-hydrogen) atoms. The van der Waals surface area contributed by atoms with Gasteiger partial charge in [-0.3, -0.25) is 9.10 Å². The lowest BCUT2D eigenvalue weighted by Gasteiger charge is -2.34. The summed E-state index contributed by atoms with van der Waals surface area (Å²) >= 11 is 0. The number of amides is 1. The van der Waals surface area contributed by atoms with E-state index in [0.29, 0.717) is 18.8 Å². The lowest BCUT2D eigenvalue weighted by Crippen LogP contribution is -2.44. The van der Waals surface area contributed by atoms with E-state index in [0.717, 1.165) is 42.4 Å². The number of piperazine rings is 1. The first-order valence-corrected chi connectivity index (χ1v) is 10.9. The number of carbonyl (C=O) groups is 1. The van der Waals surface area contributed by atoms with Gasteiger partial charge in [0.2, 0.25) is 15.9 Å². The number of nitrogens with one attached hydrogen (secondary N) is 1. The molecule has 0 radical (unpaired) electrons. The zero-order valence-electron chi connectivity index (χ0n) is 16.7. The fourth-order valence-electron chi connectivity index (χ4n) is 2.90. The molecule has 9 heteroatoms. The molecule has 0 atom stereocenters. The van der Waals surface area contributed by atoms with E-state index < -0.39 is 10.0 Å². The highest BCUT2D eigenvalue weighted by atomic mass is 32.2. The van der Waals surface area contributed by atoms with Crippen molar-refractivity contribution in [2.24, 2.45) is 0 Å². The van der Waals surface area contributed by atoms with Gasteiger partial charge in [-0.25, -0.2) is 8.42 Å². The molecular formula is C18H31N5O3S. The van der Waals surface area contributed by atoms with Gasteiger partial charge in [-0.2, -0.15) is 0 Å². The molecular weight excluding hydrogens is 366 g/mol. The highest BCUT2D eigenvalue weighted by molar-refractivity contribution is 7.92. The number of likely N-dealkylation sites (N-methyl/N-ethyl adjacent to an activating group) is 2. The third-order valence-corrected chi connectivity index (χ3v) is 5.72. The SMILES string of the molecule is CN(C)CCNC(=O)CN(c1ccc(N2CCN(C)CC2)cc1)S(C)(=O)=O. The monoisotopic (exact) mass is 397 g/mol. The minimum absolute atomic E-state index is 0.222. The van der Waals surface area contributed by atoms with Gasteiger partial charge in [0.25, 0.3) is 0 Å². The molecule has 1 heterocycles. The van der Waals surface area contributed by atoms with E-state index in [9.17, 15) is 13.2 Å². The Hall–Kier alpha value is -1.84. The van der Waals surface area contributed by atoms with Crippen LogP contribution in [0.4, 0.5) is 11.4 Å². The van der Waals surface area contributed by atoms with Crippen LogP contribution in [-0.2, 0) is 14.8 Å². The number of carbonyl (C=O) groups excluding carboxylic acids is 1. The zero-order valence-corrected chi connectivity index (χ0v) is 17.5. The smallest absolute Gasteiger partial charge is 0.240 e. The third-order valence-electron chi connectivity index (χ3n) is 4.57. The van der Waals surface area contributed by atoms with Crippen molar-refractivity contribution in [3.63, 3.8) is 0 Å². The third kappa shape index (κ3) is 6.67. The number of rotatable bonds is 8. The van der Waals surface area contributed by atoms with Gasteiger partial charge in [-0.15, -0.1) is 0 Å². The summed E-state index contributed by atoms with van der Waals surface area (Å²) in [5.41, 5.74) is 1.56. The first kappa shape index (κ1) is 21.5. The first-order valence-electron chi connectivity index (χ1n) is 9.09. The van der Waals surface area contributed by atoms with E-state index in [1.807, 2.05) is 31.1 Å². The van der Waals surface area contributed by atoms with E-state index in [1.54, 1.807) is 12.1 Å². The number of sulfonamides is 1. The van der Waals surface area contributed by atoms with Crippen LogP contribution in [0.3, 0.4) is 0 Å². The second-order valence-corrected chi connectivity index (χ2v) is 9.14. The van der Waals surface area contributed by atoms with E-state index in [2.05, 4.69) is 22.2 Å². The Kier molecular flexibility index (Phi) is 7.46. The van der Waals surface area contributed by atoms with Gasteiger partial charge in [0.05, 0.1) is 11.9 Å². The molecule has 1 N–H and O–H groups in total. The molecule has 0 saturated carbocycles. The molecule has 1 aromatic rings. The Balaban J connectivity index is 2.05. The van der Waals surface area contributed by atoms with E-state index in [4.69, 9.17) is 0 Å². The molecule has 0 bridgehead atoms. The van der Waals surface area contributed by atoms with Gasteiger partial charge in [-0.05, 0) is 45.4 Å². The predicted molar refractivity (Wildman–Crippen MR) is 110 cm³/mol. The van der Waals surface area contributed by atoms with Crippen molar-refractivity contribution in [2.45, 2.75) is 0 Å². The number of hydrogen-bond acceptors (Lipinski definition) is 6. The second-order valence-electron chi connectivity index (χ2n) is 7.23. The minimum atomic E-state index is -3.56. The van der Waals surface area contributed by atoms with Crippen LogP contribution in [0.2, 0.25) is 0 Å². The summed E-state index contributed by atoms with van der Waals surface area (Å²) in [4.78, 5) is 18.7. The summed E-state index contributed by atoms with van der Waals surface area (Å²) in [6, 6.07) is 7.37. The lowest BCUT2D eigenvalue weighted by atomic mass is 10.2. The molecule has 0 spiro atoms. The van der Waals surface area contributed by atoms with Crippen LogP contribution in [0.5, 0.6) is 0 Å². The van der Waals surface area contributed by atoms with Crippen LogP contribution in [0.25, 0.3) is 0 Å². The van der Waals surface area contributed by atoms with Gasteiger partial charge in [-0.1, -0.05) is 0 Å². The predicted octanol–water partition coefficient (Wildman–Crippen LogP) is -0.118. The van der Waals surface area contributed by atoms with Gasteiger partial charge in [0.1, 0.15) is 6.54 Å². The number of hydrogen-bond donors (Lipinski definition) is 1.